The maximum Gasteiger partial charge on any atom is 0.331 e. The Morgan fingerprint density at radius 3 is 1.72 bits per heavy atom. The first-order valence-electron chi connectivity index (χ1n) is 24.3. The molecule has 3 fully saturated rings. The zero-order chi connectivity index (χ0) is 56.8. The lowest BCUT2D eigenvalue weighted by atomic mass is 9.96. The highest BCUT2D eigenvalue weighted by molar-refractivity contribution is 5.88. The average Bonchev–Trinajstić information content (AvgIpc) is 3.48. The zero-order valence-corrected chi connectivity index (χ0v) is 41.8. The van der Waals surface area contributed by atoms with Gasteiger partial charge in [0.05, 0.1) is 33.0 Å². The summed E-state index contributed by atoms with van der Waals surface area (Å²) in [6.07, 6.45) is -23.7. The maximum atomic E-state index is 13.4. The van der Waals surface area contributed by atoms with Gasteiger partial charge in [0, 0.05) is 29.8 Å². The fourth-order valence-corrected chi connectivity index (χ4v) is 8.77. The van der Waals surface area contributed by atoms with Crippen LogP contribution < -0.4 is 18.9 Å². The SMILES string of the molecule is COc1cc(/C=C/C(=O)OC[C@H]2O[C@@H](OC3=Cc4c(cc(O)cc4O[C@@H]4O[C@H](CO)[C@@H](O)[C@H](O)[C@H]4O)OC3c3ccc(O)cc3)[C@H](O[C@@H]3O[C@H](CO)[C@@H](O)[C@H](O)[C@H]3OC(=O)/C=C/c3ccc(O)c(OC)c3)[C@@H](O)[C@@H]2O)ccc1O. The Balaban J connectivity index is 1.15. The molecule has 4 aromatic rings. The molecule has 426 valence electrons. The third-order valence-corrected chi connectivity index (χ3v) is 13.1. The molecule has 3 saturated heterocycles. The monoisotopic (exact) mass is 1110 g/mol. The first kappa shape index (κ1) is 57.9. The lowest BCUT2D eigenvalue weighted by Gasteiger charge is -2.47. The van der Waals surface area contributed by atoms with Crippen molar-refractivity contribution in [3.8, 4) is 46.0 Å². The molecule has 0 aliphatic carbocycles. The number of phenols is 4. The molecule has 26 heteroatoms. The van der Waals surface area contributed by atoms with Gasteiger partial charge in [0.1, 0.15) is 96.4 Å². The number of aliphatic hydroxyl groups excluding tert-OH is 9. The number of phenolic OH excluding ortho intramolecular Hbond substituents is 4. The minimum Gasteiger partial charge on any atom is -0.508 e. The molecule has 4 heterocycles. The number of hydrogen-bond acceptors (Lipinski definition) is 26. The van der Waals surface area contributed by atoms with Crippen molar-refractivity contribution >= 4 is 30.2 Å². The van der Waals surface area contributed by atoms with E-state index in [-0.39, 0.29) is 57.1 Å². The van der Waals surface area contributed by atoms with Gasteiger partial charge in [-0.1, -0.05) is 24.3 Å². The van der Waals surface area contributed by atoms with E-state index in [9.17, 15) is 76.0 Å². The fourth-order valence-electron chi connectivity index (χ4n) is 8.77. The number of aliphatic hydroxyl groups is 9. The summed E-state index contributed by atoms with van der Waals surface area (Å²) in [6, 6.07) is 16.1. The Morgan fingerprint density at radius 2 is 1.11 bits per heavy atom. The van der Waals surface area contributed by atoms with E-state index in [1.54, 1.807) is 0 Å². The second kappa shape index (κ2) is 25.2. The third-order valence-electron chi connectivity index (χ3n) is 13.1. The number of fused-ring (bicyclic) bond motifs is 1. The van der Waals surface area contributed by atoms with Gasteiger partial charge in [-0.15, -0.1) is 0 Å². The van der Waals surface area contributed by atoms with Gasteiger partial charge in [-0.05, 0) is 65.8 Å². The van der Waals surface area contributed by atoms with Gasteiger partial charge in [-0.25, -0.2) is 9.59 Å². The summed E-state index contributed by atoms with van der Waals surface area (Å²) in [6.45, 7) is -2.52. The van der Waals surface area contributed by atoms with Gasteiger partial charge in [0.25, 0.3) is 0 Å². The molecule has 0 aromatic heterocycles. The Labute approximate surface area is 448 Å². The highest BCUT2D eigenvalue weighted by Gasteiger charge is 2.54. The van der Waals surface area contributed by atoms with Crippen LogP contribution in [-0.2, 0) is 42.7 Å². The molecule has 0 radical (unpaired) electrons. The van der Waals surface area contributed by atoms with E-state index in [0.29, 0.717) is 11.1 Å². The molecular weight excluding hydrogens is 1050 g/mol. The number of aromatic hydroxyl groups is 4. The summed E-state index contributed by atoms with van der Waals surface area (Å²) < 4.78 is 63.9. The Morgan fingerprint density at radius 1 is 0.557 bits per heavy atom. The van der Waals surface area contributed by atoms with E-state index in [4.69, 9.17) is 52.1 Å². The molecule has 8 rings (SSSR count). The maximum absolute atomic E-state index is 13.4. The van der Waals surface area contributed by atoms with Gasteiger partial charge < -0.3 is 118 Å². The smallest absolute Gasteiger partial charge is 0.331 e. The molecular formula is C53H58O26. The molecule has 79 heavy (non-hydrogen) atoms. The van der Waals surface area contributed by atoms with Crippen LogP contribution in [-0.4, -0.2) is 204 Å². The summed E-state index contributed by atoms with van der Waals surface area (Å²) in [5.41, 5.74) is 0.972. The summed E-state index contributed by atoms with van der Waals surface area (Å²) in [5, 5.41) is 139. The number of methoxy groups -OCH3 is 2. The van der Waals surface area contributed by atoms with Crippen LogP contribution in [0.3, 0.4) is 0 Å². The van der Waals surface area contributed by atoms with Crippen molar-refractivity contribution in [2.45, 2.75) is 98.2 Å². The number of esters is 2. The van der Waals surface area contributed by atoms with Crippen molar-refractivity contribution in [3.05, 3.63) is 113 Å². The average molecular weight is 1110 g/mol. The molecule has 0 amide bonds. The number of carbonyl (C=O) groups excluding carboxylic acids is 2. The molecule has 1 unspecified atom stereocenters. The molecule has 0 spiro atoms. The van der Waals surface area contributed by atoms with Crippen molar-refractivity contribution < 1.29 is 128 Å². The van der Waals surface area contributed by atoms with Crippen LogP contribution in [0.2, 0.25) is 0 Å². The van der Waals surface area contributed by atoms with Crippen molar-refractivity contribution in [2.75, 3.05) is 34.0 Å². The summed E-state index contributed by atoms with van der Waals surface area (Å²) in [4.78, 5) is 26.5. The second-order valence-corrected chi connectivity index (χ2v) is 18.3. The van der Waals surface area contributed by atoms with E-state index in [1.165, 1.54) is 99.2 Å². The van der Waals surface area contributed by atoms with E-state index < -0.39 is 136 Å². The van der Waals surface area contributed by atoms with E-state index in [1.807, 2.05) is 0 Å². The Hall–Kier alpha value is -7.28. The normalized spacial score (nSPS) is 30.6. The van der Waals surface area contributed by atoms with Crippen molar-refractivity contribution in [2.24, 2.45) is 0 Å². The Kier molecular flexibility index (Phi) is 18.5. The zero-order valence-electron chi connectivity index (χ0n) is 41.8. The first-order chi connectivity index (χ1) is 37.8. The molecule has 13 N–H and O–H groups in total. The lowest BCUT2D eigenvalue weighted by Crippen LogP contribution is -2.65. The molecule has 4 aliphatic rings. The fraction of sp³-hybridized carbons (Fsp3) is 0.396. The van der Waals surface area contributed by atoms with Gasteiger partial charge in [0.15, 0.2) is 47.6 Å². The van der Waals surface area contributed by atoms with Crippen LogP contribution in [0.25, 0.3) is 18.2 Å². The number of rotatable bonds is 18. The number of benzene rings is 4. The van der Waals surface area contributed by atoms with Crippen LogP contribution in [0.15, 0.2) is 90.7 Å². The molecule has 4 aliphatic heterocycles. The first-order valence-corrected chi connectivity index (χ1v) is 24.3. The molecule has 26 nitrogen and oxygen atoms in total. The summed E-state index contributed by atoms with van der Waals surface area (Å²) in [5.74, 6) is -3.58. The standard InChI is InChI=1S/C53H58O26/c1-69-33-15-23(3-11-29(33)58)5-13-39(60)71-22-38-43(64)46(67)50(79-53-49(45(66)42(63)37(21-55)76-53)78-40(61)14-6-24-4-12-30(59)34(16-24)70-2)52(77-38)74-35-19-28-31(72-48(35)25-7-9-26(56)10-8-25)17-27(57)18-32(28)73-51-47(68)44(65)41(62)36(20-54)75-51/h3-19,36-38,41-59,62-68H,20-22H2,1-2H3/b13-5+,14-6+/t36-,37-,38-,41-,42-,43-,44+,45+,46+,47-,48?,49-,50-,51-,52-,53+/m1/s1. The van der Waals surface area contributed by atoms with Gasteiger partial charge in [-0.2, -0.15) is 0 Å². The largest absolute Gasteiger partial charge is 0.508 e. The number of ether oxygens (including phenoxy) is 11. The van der Waals surface area contributed by atoms with Crippen molar-refractivity contribution in [3.63, 3.8) is 0 Å². The van der Waals surface area contributed by atoms with Crippen LogP contribution in [0.4, 0.5) is 0 Å². The van der Waals surface area contributed by atoms with Crippen LogP contribution in [0.1, 0.15) is 28.4 Å². The number of hydrogen-bond donors (Lipinski definition) is 13. The van der Waals surface area contributed by atoms with Crippen LogP contribution in [0, 0.1) is 0 Å². The topological polar surface area (TPSA) is 399 Å². The van der Waals surface area contributed by atoms with Gasteiger partial charge in [0.2, 0.25) is 12.6 Å². The van der Waals surface area contributed by atoms with Gasteiger partial charge in [-0.3, -0.25) is 0 Å². The lowest BCUT2D eigenvalue weighted by molar-refractivity contribution is -0.364. The number of carbonyl (C=O) groups is 2. The predicted molar refractivity (Wildman–Crippen MR) is 265 cm³/mol. The summed E-state index contributed by atoms with van der Waals surface area (Å²) >= 11 is 0. The summed E-state index contributed by atoms with van der Waals surface area (Å²) in [7, 11) is 2.64. The highest BCUT2D eigenvalue weighted by Crippen LogP contribution is 2.46. The quantitative estimate of drug-likeness (QED) is 0.0435. The third kappa shape index (κ3) is 13.1. The van der Waals surface area contributed by atoms with Gasteiger partial charge >= 0.3 is 11.9 Å². The highest BCUT2D eigenvalue weighted by atomic mass is 16.8. The Bertz CT molecular complexity index is 2850. The molecule has 4 aromatic carbocycles. The van der Waals surface area contributed by atoms with Crippen LogP contribution >= 0.6 is 0 Å². The van der Waals surface area contributed by atoms with E-state index in [2.05, 4.69) is 0 Å². The minimum atomic E-state index is -2.14. The minimum absolute atomic E-state index is 0.0542. The molecule has 0 saturated carbocycles. The van der Waals surface area contributed by atoms with Crippen molar-refractivity contribution in [1.82, 2.24) is 0 Å². The van der Waals surface area contributed by atoms with Crippen molar-refractivity contribution in [1.29, 1.82) is 0 Å². The van der Waals surface area contributed by atoms with E-state index in [0.717, 1.165) is 18.2 Å². The predicted octanol–water partition coefficient (Wildman–Crippen LogP) is -0.651. The van der Waals surface area contributed by atoms with Crippen LogP contribution in [0.5, 0.6) is 46.0 Å². The molecule has 16 atom stereocenters. The van der Waals surface area contributed by atoms with E-state index >= 15 is 0 Å². The second-order valence-electron chi connectivity index (χ2n) is 18.3. The molecule has 0 bridgehead atoms.